The van der Waals surface area contributed by atoms with E-state index in [2.05, 4.69) is 10.3 Å². The molecular weight excluding hydrogens is 344 g/mol. The lowest BCUT2D eigenvalue weighted by Gasteiger charge is -2.24. The number of carboxylic acid groups (broad SMARTS) is 1. The van der Waals surface area contributed by atoms with Crippen molar-refractivity contribution in [3.8, 4) is 5.75 Å². The molecule has 1 saturated carbocycles. The van der Waals surface area contributed by atoms with Gasteiger partial charge in [0.1, 0.15) is 12.4 Å². The van der Waals surface area contributed by atoms with Crippen molar-refractivity contribution >= 4 is 17.6 Å². The summed E-state index contributed by atoms with van der Waals surface area (Å²) in [6.07, 6.45) is 6.35. The van der Waals surface area contributed by atoms with E-state index in [4.69, 9.17) is 4.74 Å². The number of fused-ring (bicyclic) bond motifs is 2. The number of carbonyl (C=O) groups excluding carboxylic acids is 1. The molecule has 1 heterocycles. The number of benzene rings is 1. The fourth-order valence-electron chi connectivity index (χ4n) is 4.05. The van der Waals surface area contributed by atoms with Crippen molar-refractivity contribution in [1.29, 1.82) is 0 Å². The molecule has 1 fully saturated rings. The van der Waals surface area contributed by atoms with Crippen molar-refractivity contribution in [2.75, 3.05) is 5.32 Å². The minimum absolute atomic E-state index is 0.000289. The Balaban J connectivity index is 1.43. The van der Waals surface area contributed by atoms with Crippen LogP contribution in [0.4, 0.5) is 5.69 Å². The van der Waals surface area contributed by atoms with Crippen molar-refractivity contribution in [3.05, 3.63) is 66.5 Å². The predicted molar refractivity (Wildman–Crippen MR) is 99.0 cm³/mol. The molecule has 0 radical (unpaired) electrons. The Hall–Kier alpha value is -3.15. The highest BCUT2D eigenvalue weighted by Crippen LogP contribution is 2.48. The van der Waals surface area contributed by atoms with E-state index in [-0.39, 0.29) is 17.7 Å². The zero-order valence-corrected chi connectivity index (χ0v) is 14.6. The van der Waals surface area contributed by atoms with Gasteiger partial charge in [0.05, 0.1) is 17.5 Å². The fraction of sp³-hybridized carbons (Fsp3) is 0.286. The minimum Gasteiger partial charge on any atom is -0.487 e. The van der Waals surface area contributed by atoms with Crippen LogP contribution in [0.2, 0.25) is 0 Å². The van der Waals surface area contributed by atoms with Crippen LogP contribution in [-0.2, 0) is 16.2 Å². The Morgan fingerprint density at radius 3 is 2.67 bits per heavy atom. The largest absolute Gasteiger partial charge is 0.487 e. The maximum atomic E-state index is 12.8. The van der Waals surface area contributed by atoms with Gasteiger partial charge in [0.2, 0.25) is 5.91 Å². The Morgan fingerprint density at radius 2 is 1.93 bits per heavy atom. The Morgan fingerprint density at radius 1 is 1.11 bits per heavy atom. The van der Waals surface area contributed by atoms with Crippen LogP contribution in [0.1, 0.15) is 12.1 Å². The number of pyridine rings is 1. The molecule has 1 aromatic carbocycles. The lowest BCUT2D eigenvalue weighted by Crippen LogP contribution is -2.36. The van der Waals surface area contributed by atoms with E-state index in [9.17, 15) is 14.7 Å². The second-order valence-corrected chi connectivity index (χ2v) is 6.96. The second kappa shape index (κ2) is 7.23. The smallest absolute Gasteiger partial charge is 0.307 e. The highest BCUT2D eigenvalue weighted by molar-refractivity contribution is 5.96. The number of hydrogen-bond donors (Lipinski definition) is 2. The molecule has 6 heteroatoms. The first-order valence-electron chi connectivity index (χ1n) is 8.96. The zero-order valence-electron chi connectivity index (χ0n) is 14.6. The van der Waals surface area contributed by atoms with Gasteiger partial charge < -0.3 is 15.2 Å². The Kier molecular flexibility index (Phi) is 4.62. The third-order valence-electron chi connectivity index (χ3n) is 5.26. The summed E-state index contributed by atoms with van der Waals surface area (Å²) in [5.41, 5.74) is 1.40. The maximum Gasteiger partial charge on any atom is 0.307 e. The molecule has 138 valence electrons. The van der Waals surface area contributed by atoms with Crippen LogP contribution < -0.4 is 10.1 Å². The number of rotatable bonds is 6. The van der Waals surface area contributed by atoms with Crippen molar-refractivity contribution in [3.63, 3.8) is 0 Å². The summed E-state index contributed by atoms with van der Waals surface area (Å²) in [5.74, 6) is -1.77. The molecule has 0 aliphatic heterocycles. The number of carbonyl (C=O) groups is 2. The quantitative estimate of drug-likeness (QED) is 0.769. The zero-order chi connectivity index (χ0) is 18.8. The summed E-state index contributed by atoms with van der Waals surface area (Å²) >= 11 is 0. The molecule has 0 spiro atoms. The predicted octanol–water partition coefficient (Wildman–Crippen LogP) is 3.12. The molecule has 6 nitrogen and oxygen atoms in total. The monoisotopic (exact) mass is 364 g/mol. The Labute approximate surface area is 156 Å². The van der Waals surface area contributed by atoms with Crippen LogP contribution in [0.15, 0.2) is 60.8 Å². The highest BCUT2D eigenvalue weighted by Gasteiger charge is 2.51. The molecule has 4 unspecified atom stereocenters. The molecule has 27 heavy (non-hydrogen) atoms. The van der Waals surface area contributed by atoms with Crippen molar-refractivity contribution < 1.29 is 19.4 Å². The van der Waals surface area contributed by atoms with Gasteiger partial charge in [-0.2, -0.15) is 0 Å². The number of ether oxygens (including phenoxy) is 1. The van der Waals surface area contributed by atoms with Crippen molar-refractivity contribution in [1.82, 2.24) is 4.98 Å². The number of aliphatic carboxylic acids is 1. The van der Waals surface area contributed by atoms with Crippen LogP contribution in [-0.4, -0.2) is 22.0 Å². The van der Waals surface area contributed by atoms with E-state index in [1.54, 1.807) is 30.5 Å². The normalized spacial score (nSPS) is 25.3. The first kappa shape index (κ1) is 17.3. The summed E-state index contributed by atoms with van der Waals surface area (Å²) in [5, 5.41) is 12.4. The number of hydrogen-bond acceptors (Lipinski definition) is 4. The molecule has 2 bridgehead atoms. The lowest BCUT2D eigenvalue weighted by molar-refractivity contribution is -0.146. The number of aromatic nitrogens is 1. The number of anilines is 1. The van der Waals surface area contributed by atoms with E-state index in [0.717, 1.165) is 12.1 Å². The fourth-order valence-corrected chi connectivity index (χ4v) is 4.05. The summed E-state index contributed by atoms with van der Waals surface area (Å²) in [6.45, 7) is 0.330. The van der Waals surface area contributed by atoms with E-state index in [1.165, 1.54) is 0 Å². The molecule has 1 aromatic heterocycles. The number of nitrogens with one attached hydrogen (secondary N) is 1. The van der Waals surface area contributed by atoms with Gasteiger partial charge in [0.25, 0.3) is 0 Å². The summed E-state index contributed by atoms with van der Waals surface area (Å²) < 4.78 is 5.73. The van der Waals surface area contributed by atoms with Crippen LogP contribution in [0.5, 0.6) is 5.75 Å². The highest BCUT2D eigenvalue weighted by atomic mass is 16.5. The molecule has 4 atom stereocenters. The molecule has 2 aliphatic rings. The van der Waals surface area contributed by atoms with Gasteiger partial charge in [-0.3, -0.25) is 14.6 Å². The molecule has 2 aliphatic carbocycles. The molecule has 2 N–H and O–H groups in total. The average Bonchev–Trinajstić information content (AvgIpc) is 3.29. The van der Waals surface area contributed by atoms with E-state index >= 15 is 0 Å². The van der Waals surface area contributed by atoms with E-state index in [1.807, 2.05) is 30.4 Å². The van der Waals surface area contributed by atoms with Gasteiger partial charge in [-0.1, -0.05) is 24.3 Å². The number of nitrogens with zero attached hydrogens (tertiary/aromatic N) is 1. The summed E-state index contributed by atoms with van der Waals surface area (Å²) in [7, 11) is 0. The van der Waals surface area contributed by atoms with Gasteiger partial charge in [0, 0.05) is 18.0 Å². The van der Waals surface area contributed by atoms with E-state index < -0.39 is 17.8 Å². The van der Waals surface area contributed by atoms with Crippen LogP contribution in [0.25, 0.3) is 0 Å². The van der Waals surface area contributed by atoms with Gasteiger partial charge in [-0.25, -0.2) is 0 Å². The van der Waals surface area contributed by atoms with Gasteiger partial charge in [-0.05, 0) is 42.5 Å². The average molecular weight is 364 g/mol. The summed E-state index contributed by atoms with van der Waals surface area (Å²) in [6, 6.07) is 12.7. The van der Waals surface area contributed by atoms with Gasteiger partial charge in [-0.15, -0.1) is 0 Å². The van der Waals surface area contributed by atoms with Crippen molar-refractivity contribution in [2.24, 2.45) is 23.7 Å². The first-order chi connectivity index (χ1) is 13.1. The third kappa shape index (κ3) is 3.56. The lowest BCUT2D eigenvalue weighted by atomic mass is 9.82. The molecule has 2 aromatic rings. The number of amides is 1. The Bertz CT molecular complexity index is 881. The van der Waals surface area contributed by atoms with E-state index in [0.29, 0.717) is 18.0 Å². The van der Waals surface area contributed by atoms with Crippen LogP contribution in [0, 0.1) is 23.7 Å². The standard InChI is InChI=1S/C21H20N2O4/c24-20(18-13-7-8-14(10-13)19(18)21(25)26)23-15-5-3-6-17(11-15)27-12-16-4-1-2-9-22-16/h1-9,11,13-14,18-19H,10,12H2,(H,23,24)(H,25,26). The third-order valence-corrected chi connectivity index (χ3v) is 5.26. The molecule has 0 saturated heterocycles. The molecular formula is C21H20N2O4. The SMILES string of the molecule is O=C(O)C1C2C=CC(C2)C1C(=O)Nc1cccc(OCc2ccccn2)c1. The van der Waals surface area contributed by atoms with Crippen molar-refractivity contribution in [2.45, 2.75) is 13.0 Å². The summed E-state index contributed by atoms with van der Waals surface area (Å²) in [4.78, 5) is 28.6. The molecule has 1 amide bonds. The van der Waals surface area contributed by atoms with Gasteiger partial charge in [0.15, 0.2) is 0 Å². The number of carboxylic acids is 1. The minimum atomic E-state index is -0.903. The number of allylic oxidation sites excluding steroid dienone is 2. The van der Waals surface area contributed by atoms with Crippen LogP contribution in [0.3, 0.4) is 0 Å². The van der Waals surface area contributed by atoms with Crippen LogP contribution >= 0.6 is 0 Å². The topological polar surface area (TPSA) is 88.5 Å². The first-order valence-corrected chi connectivity index (χ1v) is 8.96. The molecule has 4 rings (SSSR count). The van der Waals surface area contributed by atoms with Gasteiger partial charge >= 0.3 is 5.97 Å². The second-order valence-electron chi connectivity index (χ2n) is 6.96. The maximum absolute atomic E-state index is 12.8.